The molecule has 0 aromatic rings. The van der Waals surface area contributed by atoms with Gasteiger partial charge in [-0.25, -0.2) is 8.42 Å². The van der Waals surface area contributed by atoms with Crippen molar-refractivity contribution in [1.82, 2.24) is 5.32 Å². The van der Waals surface area contributed by atoms with Crippen molar-refractivity contribution in [2.75, 3.05) is 12.0 Å². The molecule has 0 saturated carbocycles. The highest BCUT2D eigenvalue weighted by Crippen LogP contribution is 2.05. The van der Waals surface area contributed by atoms with E-state index in [1.54, 1.807) is 6.92 Å². The van der Waals surface area contributed by atoms with Gasteiger partial charge in [-0.1, -0.05) is 6.92 Å². The monoisotopic (exact) mass is 221 g/mol. The van der Waals surface area contributed by atoms with Crippen molar-refractivity contribution in [2.45, 2.75) is 33.2 Å². The van der Waals surface area contributed by atoms with Gasteiger partial charge in [0.05, 0.1) is 5.75 Å². The molecule has 0 fully saturated rings. The van der Waals surface area contributed by atoms with Crippen LogP contribution in [0, 0.1) is 5.92 Å². The molecule has 84 valence electrons. The summed E-state index contributed by atoms with van der Waals surface area (Å²) >= 11 is 0. The van der Waals surface area contributed by atoms with E-state index < -0.39 is 15.8 Å². The third kappa shape index (κ3) is 6.88. The first-order valence-electron chi connectivity index (χ1n) is 4.51. The highest BCUT2D eigenvalue weighted by atomic mass is 32.2. The summed E-state index contributed by atoms with van der Waals surface area (Å²) in [6.07, 6.45) is 1.13. The van der Waals surface area contributed by atoms with E-state index in [9.17, 15) is 13.2 Å². The fourth-order valence-corrected chi connectivity index (χ4v) is 2.08. The van der Waals surface area contributed by atoms with Crippen LogP contribution in [-0.4, -0.2) is 31.9 Å². The first-order chi connectivity index (χ1) is 6.01. The molecule has 0 bridgehead atoms. The van der Waals surface area contributed by atoms with E-state index in [1.165, 1.54) is 0 Å². The average molecular weight is 221 g/mol. The smallest absolute Gasteiger partial charge is 0.224 e. The SMILES string of the molecule is C[C@H](CS(C)(=O)=O)C(=O)NC(C)(C)C. The number of rotatable bonds is 3. The molecular formula is C9H19NO3S. The number of hydrogen-bond acceptors (Lipinski definition) is 3. The van der Waals surface area contributed by atoms with Gasteiger partial charge in [0.2, 0.25) is 5.91 Å². The van der Waals surface area contributed by atoms with Gasteiger partial charge in [0, 0.05) is 17.7 Å². The molecule has 0 radical (unpaired) electrons. The maximum Gasteiger partial charge on any atom is 0.224 e. The molecule has 14 heavy (non-hydrogen) atoms. The second-order valence-electron chi connectivity index (χ2n) is 4.73. The highest BCUT2D eigenvalue weighted by molar-refractivity contribution is 7.90. The van der Waals surface area contributed by atoms with Crippen LogP contribution in [0.3, 0.4) is 0 Å². The minimum absolute atomic E-state index is 0.102. The molecule has 0 aliphatic rings. The zero-order valence-electron chi connectivity index (χ0n) is 9.42. The Morgan fingerprint density at radius 2 is 1.79 bits per heavy atom. The summed E-state index contributed by atoms with van der Waals surface area (Å²) in [6.45, 7) is 7.19. The Morgan fingerprint density at radius 1 is 1.36 bits per heavy atom. The van der Waals surface area contributed by atoms with E-state index >= 15 is 0 Å². The summed E-state index contributed by atoms with van der Waals surface area (Å²) in [6, 6.07) is 0. The molecule has 5 heteroatoms. The Morgan fingerprint density at radius 3 is 2.07 bits per heavy atom. The zero-order valence-corrected chi connectivity index (χ0v) is 10.2. The predicted octanol–water partition coefficient (Wildman–Crippen LogP) is 0.582. The molecule has 1 atom stereocenters. The Bertz CT molecular complexity index is 301. The largest absolute Gasteiger partial charge is 0.351 e. The molecule has 0 aromatic heterocycles. The lowest BCUT2D eigenvalue weighted by Gasteiger charge is -2.22. The second kappa shape index (κ2) is 4.29. The summed E-state index contributed by atoms with van der Waals surface area (Å²) in [5, 5.41) is 2.74. The molecule has 0 aliphatic heterocycles. The maximum atomic E-state index is 11.5. The van der Waals surface area contributed by atoms with Gasteiger partial charge >= 0.3 is 0 Å². The maximum absolute atomic E-state index is 11.5. The Labute approximate surface area is 86.0 Å². The minimum atomic E-state index is -3.08. The quantitative estimate of drug-likeness (QED) is 0.758. The number of sulfone groups is 1. The lowest BCUT2D eigenvalue weighted by atomic mass is 10.1. The van der Waals surface area contributed by atoms with Crippen molar-refractivity contribution in [3.63, 3.8) is 0 Å². The van der Waals surface area contributed by atoms with Crippen LogP contribution in [0.4, 0.5) is 0 Å². The highest BCUT2D eigenvalue weighted by Gasteiger charge is 2.22. The third-order valence-electron chi connectivity index (χ3n) is 1.50. The summed E-state index contributed by atoms with van der Waals surface area (Å²) in [7, 11) is -3.08. The molecule has 0 heterocycles. The van der Waals surface area contributed by atoms with E-state index in [0.717, 1.165) is 6.26 Å². The standard InChI is InChI=1S/C9H19NO3S/c1-7(6-14(5,12)13)8(11)10-9(2,3)4/h7H,6H2,1-5H3,(H,10,11)/t7-/m1/s1. The number of amides is 1. The molecule has 1 amide bonds. The Balaban J connectivity index is 4.29. The lowest BCUT2D eigenvalue weighted by molar-refractivity contribution is -0.125. The van der Waals surface area contributed by atoms with E-state index in [-0.39, 0.29) is 17.2 Å². The van der Waals surface area contributed by atoms with Crippen molar-refractivity contribution in [2.24, 2.45) is 5.92 Å². The molecule has 1 N–H and O–H groups in total. The van der Waals surface area contributed by atoms with E-state index in [2.05, 4.69) is 5.32 Å². The molecule has 0 unspecified atom stereocenters. The van der Waals surface area contributed by atoms with Crippen LogP contribution in [0.25, 0.3) is 0 Å². The number of carbonyl (C=O) groups is 1. The molecule has 4 nitrogen and oxygen atoms in total. The van der Waals surface area contributed by atoms with Gasteiger partial charge < -0.3 is 5.32 Å². The second-order valence-corrected chi connectivity index (χ2v) is 6.92. The van der Waals surface area contributed by atoms with Crippen LogP contribution in [-0.2, 0) is 14.6 Å². The van der Waals surface area contributed by atoms with Crippen molar-refractivity contribution in [3.05, 3.63) is 0 Å². The van der Waals surface area contributed by atoms with Crippen molar-refractivity contribution in [3.8, 4) is 0 Å². The summed E-state index contributed by atoms with van der Waals surface area (Å²) in [5.41, 5.74) is -0.317. The first-order valence-corrected chi connectivity index (χ1v) is 6.57. The average Bonchev–Trinajstić information content (AvgIpc) is 1.78. The summed E-state index contributed by atoms with van der Waals surface area (Å²) in [4.78, 5) is 11.5. The van der Waals surface area contributed by atoms with Crippen LogP contribution in [0.15, 0.2) is 0 Å². The minimum Gasteiger partial charge on any atom is -0.351 e. The molecule has 0 saturated heterocycles. The van der Waals surface area contributed by atoms with Crippen LogP contribution in [0.2, 0.25) is 0 Å². The number of nitrogens with one attached hydrogen (secondary N) is 1. The van der Waals surface area contributed by atoms with Crippen molar-refractivity contribution < 1.29 is 13.2 Å². The van der Waals surface area contributed by atoms with Gasteiger partial charge in [-0.2, -0.15) is 0 Å². The molecule has 0 aromatic carbocycles. The first kappa shape index (κ1) is 13.4. The fraction of sp³-hybridized carbons (Fsp3) is 0.889. The fourth-order valence-electron chi connectivity index (χ4n) is 1.02. The Hall–Kier alpha value is -0.580. The Kier molecular flexibility index (Phi) is 4.12. The normalized spacial score (nSPS) is 14.9. The van der Waals surface area contributed by atoms with Gasteiger partial charge in [0.1, 0.15) is 9.84 Å². The van der Waals surface area contributed by atoms with E-state index in [4.69, 9.17) is 0 Å². The topological polar surface area (TPSA) is 63.2 Å². The number of hydrogen-bond donors (Lipinski definition) is 1. The van der Waals surface area contributed by atoms with Crippen molar-refractivity contribution in [1.29, 1.82) is 0 Å². The van der Waals surface area contributed by atoms with Gasteiger partial charge in [-0.3, -0.25) is 4.79 Å². The predicted molar refractivity (Wildman–Crippen MR) is 56.8 cm³/mol. The van der Waals surface area contributed by atoms with Crippen LogP contribution >= 0.6 is 0 Å². The third-order valence-corrected chi connectivity index (χ3v) is 2.60. The van der Waals surface area contributed by atoms with Crippen molar-refractivity contribution >= 4 is 15.7 Å². The lowest BCUT2D eigenvalue weighted by Crippen LogP contribution is -2.44. The molecular weight excluding hydrogens is 202 g/mol. The van der Waals surface area contributed by atoms with Crippen LogP contribution < -0.4 is 5.32 Å². The van der Waals surface area contributed by atoms with Gasteiger partial charge in [0.25, 0.3) is 0 Å². The van der Waals surface area contributed by atoms with Crippen LogP contribution in [0.5, 0.6) is 0 Å². The number of carbonyl (C=O) groups excluding carboxylic acids is 1. The molecule has 0 rings (SSSR count). The van der Waals surface area contributed by atoms with Crippen LogP contribution in [0.1, 0.15) is 27.7 Å². The van der Waals surface area contributed by atoms with Gasteiger partial charge in [-0.05, 0) is 20.8 Å². The van der Waals surface area contributed by atoms with Gasteiger partial charge in [0.15, 0.2) is 0 Å². The summed E-state index contributed by atoms with van der Waals surface area (Å²) in [5.74, 6) is -0.818. The van der Waals surface area contributed by atoms with E-state index in [1.807, 2.05) is 20.8 Å². The molecule has 0 spiro atoms. The van der Waals surface area contributed by atoms with E-state index in [0.29, 0.717) is 0 Å². The molecule has 0 aliphatic carbocycles. The zero-order chi connectivity index (χ0) is 11.6. The van der Waals surface area contributed by atoms with Gasteiger partial charge in [-0.15, -0.1) is 0 Å². The summed E-state index contributed by atoms with van der Waals surface area (Å²) < 4.78 is 21.9.